The van der Waals surface area contributed by atoms with E-state index in [1.807, 2.05) is 0 Å². The SMILES string of the molecule is COCCN=C1NC(=O)C(c2ccc(Cl)cc2F)N1. The summed E-state index contributed by atoms with van der Waals surface area (Å²) in [5.74, 6) is -0.558. The van der Waals surface area contributed by atoms with Crippen LogP contribution in [-0.2, 0) is 9.53 Å². The molecule has 7 heteroatoms. The van der Waals surface area contributed by atoms with Crippen LogP contribution in [0.1, 0.15) is 11.6 Å². The molecule has 1 aromatic rings. The fourth-order valence-electron chi connectivity index (χ4n) is 1.72. The van der Waals surface area contributed by atoms with Crippen LogP contribution in [0, 0.1) is 5.82 Å². The van der Waals surface area contributed by atoms with Crippen LogP contribution in [0.15, 0.2) is 23.2 Å². The van der Waals surface area contributed by atoms with Gasteiger partial charge in [-0.15, -0.1) is 0 Å². The second kappa shape index (κ2) is 5.99. The zero-order valence-corrected chi connectivity index (χ0v) is 11.0. The molecule has 1 atom stereocenters. The number of benzene rings is 1. The first kappa shape index (κ1) is 13.8. The van der Waals surface area contributed by atoms with Gasteiger partial charge in [0.25, 0.3) is 5.91 Å². The van der Waals surface area contributed by atoms with Gasteiger partial charge in [0.15, 0.2) is 5.96 Å². The van der Waals surface area contributed by atoms with E-state index >= 15 is 0 Å². The predicted octanol–water partition coefficient (Wildman–Crippen LogP) is 1.24. The normalized spacial score (nSPS) is 20.5. The van der Waals surface area contributed by atoms with Crippen LogP contribution < -0.4 is 10.6 Å². The number of methoxy groups -OCH3 is 1. The fourth-order valence-corrected chi connectivity index (χ4v) is 1.87. The van der Waals surface area contributed by atoms with Gasteiger partial charge in [0.1, 0.15) is 11.9 Å². The number of guanidine groups is 1. The summed E-state index contributed by atoms with van der Waals surface area (Å²) in [6.45, 7) is 0.857. The van der Waals surface area contributed by atoms with Crippen molar-refractivity contribution in [3.05, 3.63) is 34.6 Å². The molecule has 19 heavy (non-hydrogen) atoms. The van der Waals surface area contributed by atoms with Crippen LogP contribution in [0.5, 0.6) is 0 Å². The van der Waals surface area contributed by atoms with E-state index in [-0.39, 0.29) is 16.5 Å². The third kappa shape index (κ3) is 3.21. The molecule has 0 bridgehead atoms. The number of carbonyl (C=O) groups excluding carboxylic acids is 1. The molecule has 2 N–H and O–H groups in total. The van der Waals surface area contributed by atoms with Crippen molar-refractivity contribution < 1.29 is 13.9 Å². The highest BCUT2D eigenvalue weighted by molar-refractivity contribution is 6.30. The third-order valence-electron chi connectivity index (χ3n) is 2.62. The van der Waals surface area contributed by atoms with Gasteiger partial charge in [-0.05, 0) is 12.1 Å². The number of nitrogens with zero attached hydrogens (tertiary/aromatic N) is 1. The van der Waals surface area contributed by atoms with Gasteiger partial charge in [-0.1, -0.05) is 17.7 Å². The topological polar surface area (TPSA) is 62.7 Å². The minimum absolute atomic E-state index is 0.235. The Balaban J connectivity index is 2.13. The van der Waals surface area contributed by atoms with E-state index in [0.29, 0.717) is 19.1 Å². The zero-order valence-electron chi connectivity index (χ0n) is 10.2. The molecule has 0 aliphatic carbocycles. The number of nitrogens with one attached hydrogen (secondary N) is 2. The lowest BCUT2D eigenvalue weighted by Gasteiger charge is -2.09. The number of carbonyl (C=O) groups is 1. The van der Waals surface area contributed by atoms with Crippen LogP contribution in [0.2, 0.25) is 5.02 Å². The Morgan fingerprint density at radius 3 is 3.00 bits per heavy atom. The smallest absolute Gasteiger partial charge is 0.254 e. The second-order valence-corrected chi connectivity index (χ2v) is 4.39. The molecule has 0 saturated carbocycles. The number of ether oxygens (including phenoxy) is 1. The molecule has 102 valence electrons. The maximum atomic E-state index is 13.7. The van der Waals surface area contributed by atoms with Crippen molar-refractivity contribution in [1.29, 1.82) is 0 Å². The largest absolute Gasteiger partial charge is 0.383 e. The highest BCUT2D eigenvalue weighted by atomic mass is 35.5. The summed E-state index contributed by atoms with van der Waals surface area (Å²) in [5, 5.41) is 5.66. The molecule has 0 spiro atoms. The Kier molecular flexibility index (Phi) is 4.34. The average molecular weight is 286 g/mol. The van der Waals surface area contributed by atoms with Gasteiger partial charge in [-0.25, -0.2) is 4.39 Å². The fraction of sp³-hybridized carbons (Fsp3) is 0.333. The number of aliphatic imine (C=N–C) groups is 1. The maximum Gasteiger partial charge on any atom is 0.254 e. The molecule has 2 rings (SSSR count). The molecule has 1 aliphatic heterocycles. The van der Waals surface area contributed by atoms with Crippen molar-refractivity contribution in [1.82, 2.24) is 10.6 Å². The summed E-state index contributed by atoms with van der Waals surface area (Å²) in [7, 11) is 1.56. The van der Waals surface area contributed by atoms with Crippen molar-refractivity contribution >= 4 is 23.5 Å². The van der Waals surface area contributed by atoms with E-state index in [4.69, 9.17) is 16.3 Å². The van der Waals surface area contributed by atoms with Crippen molar-refractivity contribution in [2.75, 3.05) is 20.3 Å². The number of rotatable bonds is 4. The van der Waals surface area contributed by atoms with E-state index in [9.17, 15) is 9.18 Å². The van der Waals surface area contributed by atoms with Crippen molar-refractivity contribution in [2.24, 2.45) is 4.99 Å². The summed E-state index contributed by atoms with van der Waals surface area (Å²) < 4.78 is 18.6. The molecular weight excluding hydrogens is 273 g/mol. The molecule has 1 fully saturated rings. The molecule has 0 aromatic heterocycles. The first-order valence-corrected chi connectivity index (χ1v) is 6.05. The number of hydrogen-bond donors (Lipinski definition) is 2. The predicted molar refractivity (Wildman–Crippen MR) is 69.6 cm³/mol. The minimum atomic E-state index is -0.793. The first-order valence-electron chi connectivity index (χ1n) is 5.67. The van der Waals surface area contributed by atoms with Gasteiger partial charge < -0.3 is 10.1 Å². The summed E-state index contributed by atoms with van der Waals surface area (Å²) in [5.41, 5.74) is 0.235. The summed E-state index contributed by atoms with van der Waals surface area (Å²) >= 11 is 5.67. The Morgan fingerprint density at radius 1 is 1.53 bits per heavy atom. The molecule has 5 nitrogen and oxygen atoms in total. The van der Waals surface area contributed by atoms with Crippen LogP contribution in [0.3, 0.4) is 0 Å². The van der Waals surface area contributed by atoms with Crippen molar-refractivity contribution in [3.63, 3.8) is 0 Å². The van der Waals surface area contributed by atoms with Gasteiger partial charge in [-0.3, -0.25) is 15.1 Å². The molecule has 1 aromatic carbocycles. The molecule has 1 heterocycles. The molecule has 1 unspecified atom stereocenters. The Labute approximate surface area is 114 Å². The molecule has 1 saturated heterocycles. The lowest BCUT2D eigenvalue weighted by Crippen LogP contribution is -2.26. The molecule has 1 aliphatic rings. The Morgan fingerprint density at radius 2 is 2.32 bits per heavy atom. The minimum Gasteiger partial charge on any atom is -0.383 e. The van der Waals surface area contributed by atoms with Gasteiger partial charge in [0.2, 0.25) is 0 Å². The van der Waals surface area contributed by atoms with Gasteiger partial charge in [-0.2, -0.15) is 0 Å². The van der Waals surface area contributed by atoms with Gasteiger partial charge >= 0.3 is 0 Å². The first-order chi connectivity index (χ1) is 9.11. The van der Waals surface area contributed by atoms with E-state index < -0.39 is 11.9 Å². The number of halogens is 2. The average Bonchev–Trinajstić information content (AvgIpc) is 2.71. The Bertz CT molecular complexity index is 522. The van der Waals surface area contributed by atoms with Crippen LogP contribution in [0.4, 0.5) is 4.39 Å². The highest BCUT2D eigenvalue weighted by Gasteiger charge is 2.31. The molecule has 1 amide bonds. The van der Waals surface area contributed by atoms with E-state index in [1.165, 1.54) is 18.2 Å². The quantitative estimate of drug-likeness (QED) is 0.818. The van der Waals surface area contributed by atoms with Crippen molar-refractivity contribution in [3.8, 4) is 0 Å². The van der Waals surface area contributed by atoms with E-state index in [0.717, 1.165) is 0 Å². The Hall–Kier alpha value is -1.66. The van der Waals surface area contributed by atoms with Gasteiger partial charge in [0.05, 0.1) is 13.2 Å². The summed E-state index contributed by atoms with van der Waals surface area (Å²) in [6, 6.07) is 3.40. The summed E-state index contributed by atoms with van der Waals surface area (Å²) in [4.78, 5) is 15.9. The van der Waals surface area contributed by atoms with Crippen molar-refractivity contribution in [2.45, 2.75) is 6.04 Å². The van der Waals surface area contributed by atoms with Crippen LogP contribution in [0.25, 0.3) is 0 Å². The lowest BCUT2D eigenvalue weighted by molar-refractivity contribution is -0.120. The number of hydrogen-bond acceptors (Lipinski definition) is 3. The van der Waals surface area contributed by atoms with E-state index in [2.05, 4.69) is 15.6 Å². The number of amides is 1. The third-order valence-corrected chi connectivity index (χ3v) is 2.86. The standard InChI is InChI=1S/C12H13ClFN3O2/c1-19-5-4-15-12-16-10(11(18)17-12)8-3-2-7(13)6-9(8)14/h2-3,6,10H,4-5H2,1H3,(H2,15,16,17,18). The maximum absolute atomic E-state index is 13.7. The molecule has 0 radical (unpaired) electrons. The zero-order chi connectivity index (χ0) is 13.8. The summed E-state index contributed by atoms with van der Waals surface area (Å²) in [6.07, 6.45) is 0. The second-order valence-electron chi connectivity index (χ2n) is 3.96. The van der Waals surface area contributed by atoms with E-state index in [1.54, 1.807) is 7.11 Å². The van der Waals surface area contributed by atoms with Crippen LogP contribution in [-0.4, -0.2) is 32.1 Å². The molecular formula is C12H13ClFN3O2. The highest BCUT2D eigenvalue weighted by Crippen LogP contribution is 2.22. The van der Waals surface area contributed by atoms with Crippen LogP contribution >= 0.6 is 11.6 Å². The lowest BCUT2D eigenvalue weighted by atomic mass is 10.1. The monoisotopic (exact) mass is 285 g/mol. The van der Waals surface area contributed by atoms with Gasteiger partial charge in [0, 0.05) is 17.7 Å².